The van der Waals surface area contributed by atoms with Crippen molar-refractivity contribution in [1.82, 2.24) is 0 Å². The summed E-state index contributed by atoms with van der Waals surface area (Å²) in [7, 11) is -3.36. The van der Waals surface area contributed by atoms with Crippen LogP contribution in [0.25, 0.3) is 11.1 Å². The standard InChI is InChI=1S/C25H21ClF5NO3S/c1-12-15(13-5-7-18(27)19(28)9-13)11-16(24(2,3)4)22(33)21(12)23(34)32-14-6-8-20(17(26)10-14)36(35)25(29,30)31/h5-11,33H,1-4H3,(H,32,34). The van der Waals surface area contributed by atoms with Gasteiger partial charge in [-0.2, -0.15) is 13.2 Å². The molecule has 0 aliphatic carbocycles. The summed E-state index contributed by atoms with van der Waals surface area (Å²) in [5.41, 5.74) is -4.60. The van der Waals surface area contributed by atoms with Crippen LogP contribution in [-0.4, -0.2) is 20.7 Å². The van der Waals surface area contributed by atoms with Gasteiger partial charge in [0.15, 0.2) is 22.4 Å². The number of phenolic OH excluding ortho intramolecular Hbond substituents is 1. The molecule has 0 fully saturated rings. The lowest BCUT2D eigenvalue weighted by molar-refractivity contribution is -0.0384. The number of phenols is 1. The number of rotatable bonds is 4. The van der Waals surface area contributed by atoms with E-state index in [9.17, 15) is 36.1 Å². The van der Waals surface area contributed by atoms with Crippen LogP contribution in [0, 0.1) is 18.6 Å². The fraction of sp³-hybridized carbons (Fsp3) is 0.240. The molecule has 192 valence electrons. The molecule has 4 nitrogen and oxygen atoms in total. The molecular formula is C25H21ClF5NO3S. The van der Waals surface area contributed by atoms with Gasteiger partial charge in [-0.05, 0) is 65.4 Å². The molecule has 1 unspecified atom stereocenters. The Bertz CT molecular complexity index is 1380. The van der Waals surface area contributed by atoms with Gasteiger partial charge in [0.1, 0.15) is 5.75 Å². The molecule has 0 saturated carbocycles. The van der Waals surface area contributed by atoms with Crippen LogP contribution < -0.4 is 5.32 Å². The minimum Gasteiger partial charge on any atom is -0.507 e. The molecule has 0 bridgehead atoms. The Morgan fingerprint density at radius 2 is 1.64 bits per heavy atom. The molecule has 0 aliphatic rings. The second-order valence-electron chi connectivity index (χ2n) is 9.01. The van der Waals surface area contributed by atoms with Gasteiger partial charge in [-0.3, -0.25) is 4.79 Å². The minimum absolute atomic E-state index is 0.0118. The lowest BCUT2D eigenvalue weighted by Crippen LogP contribution is -2.19. The Hall–Kier alpha value is -2.98. The third-order valence-corrected chi connectivity index (χ3v) is 7.03. The van der Waals surface area contributed by atoms with Crippen LogP contribution in [0.4, 0.5) is 27.6 Å². The maximum atomic E-state index is 13.9. The largest absolute Gasteiger partial charge is 0.507 e. The second-order valence-corrected chi connectivity index (χ2v) is 10.9. The normalized spacial score (nSPS) is 12.9. The van der Waals surface area contributed by atoms with Crippen molar-refractivity contribution in [3.05, 3.63) is 75.8 Å². The van der Waals surface area contributed by atoms with Gasteiger partial charge in [0.2, 0.25) is 0 Å². The zero-order chi connectivity index (χ0) is 27.2. The van der Waals surface area contributed by atoms with E-state index in [2.05, 4.69) is 5.32 Å². The Balaban J connectivity index is 2.10. The van der Waals surface area contributed by atoms with E-state index in [1.165, 1.54) is 13.0 Å². The van der Waals surface area contributed by atoms with Crippen LogP contribution in [0.1, 0.15) is 42.3 Å². The SMILES string of the molecule is Cc1c(-c2ccc(F)c(F)c2)cc(C(C)(C)C)c(O)c1C(=O)Nc1ccc(S(=O)C(F)(F)F)c(Cl)c1. The van der Waals surface area contributed by atoms with Gasteiger partial charge >= 0.3 is 5.51 Å². The van der Waals surface area contributed by atoms with E-state index in [4.69, 9.17) is 11.6 Å². The summed E-state index contributed by atoms with van der Waals surface area (Å²) >= 11 is 5.88. The van der Waals surface area contributed by atoms with E-state index in [-0.39, 0.29) is 28.1 Å². The average molecular weight is 546 g/mol. The number of carbonyl (C=O) groups is 1. The van der Waals surface area contributed by atoms with Crippen LogP contribution >= 0.6 is 11.6 Å². The summed E-state index contributed by atoms with van der Waals surface area (Å²) in [6.45, 7) is 6.87. The first-order valence-electron chi connectivity index (χ1n) is 10.4. The molecule has 0 spiro atoms. The van der Waals surface area contributed by atoms with E-state index >= 15 is 0 Å². The molecule has 2 N–H and O–H groups in total. The highest BCUT2D eigenvalue weighted by molar-refractivity contribution is 7.86. The Morgan fingerprint density at radius 1 is 1.00 bits per heavy atom. The smallest absolute Gasteiger partial charge is 0.475 e. The second kappa shape index (κ2) is 9.82. The summed E-state index contributed by atoms with van der Waals surface area (Å²) in [6, 6.07) is 7.84. The highest BCUT2D eigenvalue weighted by Gasteiger charge is 2.39. The van der Waals surface area contributed by atoms with Gasteiger partial charge in [0.25, 0.3) is 5.91 Å². The maximum Gasteiger partial charge on any atom is 0.475 e. The number of nitrogens with one attached hydrogen (secondary N) is 1. The third kappa shape index (κ3) is 5.54. The Labute approximate surface area is 211 Å². The summed E-state index contributed by atoms with van der Waals surface area (Å²) in [5, 5.41) is 13.0. The maximum absolute atomic E-state index is 13.9. The number of hydrogen-bond acceptors (Lipinski definition) is 3. The Morgan fingerprint density at radius 3 is 2.17 bits per heavy atom. The number of aromatic hydroxyl groups is 1. The van der Waals surface area contributed by atoms with Crippen molar-refractivity contribution in [3.8, 4) is 16.9 Å². The lowest BCUT2D eigenvalue weighted by Gasteiger charge is -2.25. The fourth-order valence-corrected chi connectivity index (χ4v) is 4.70. The van der Waals surface area contributed by atoms with Crippen molar-refractivity contribution in [3.63, 3.8) is 0 Å². The summed E-state index contributed by atoms with van der Waals surface area (Å²) in [5.74, 6) is -3.30. The first-order chi connectivity index (χ1) is 16.5. The van der Waals surface area contributed by atoms with Crippen molar-refractivity contribution >= 4 is 34.0 Å². The van der Waals surface area contributed by atoms with Crippen LogP contribution in [0.2, 0.25) is 5.02 Å². The van der Waals surface area contributed by atoms with Gasteiger partial charge in [-0.25, -0.2) is 13.0 Å². The Kier molecular flexibility index (Phi) is 7.53. The molecule has 0 heterocycles. The van der Waals surface area contributed by atoms with Crippen LogP contribution in [0.3, 0.4) is 0 Å². The zero-order valence-electron chi connectivity index (χ0n) is 19.5. The first-order valence-corrected chi connectivity index (χ1v) is 12.0. The quantitative estimate of drug-likeness (QED) is 0.334. The fourth-order valence-electron chi connectivity index (χ4n) is 3.63. The molecule has 0 radical (unpaired) electrons. The van der Waals surface area contributed by atoms with Gasteiger partial charge in [0.05, 0.1) is 15.5 Å². The van der Waals surface area contributed by atoms with Crippen LogP contribution in [0.5, 0.6) is 5.75 Å². The van der Waals surface area contributed by atoms with Crippen molar-refractivity contribution in [1.29, 1.82) is 0 Å². The number of amides is 1. The highest BCUT2D eigenvalue weighted by atomic mass is 35.5. The molecule has 3 aromatic rings. The monoisotopic (exact) mass is 545 g/mol. The van der Waals surface area contributed by atoms with Crippen molar-refractivity contribution in [2.24, 2.45) is 0 Å². The van der Waals surface area contributed by atoms with E-state index in [0.29, 0.717) is 11.1 Å². The summed E-state index contributed by atoms with van der Waals surface area (Å²) in [6.07, 6.45) is 0. The third-order valence-electron chi connectivity index (χ3n) is 5.42. The first kappa shape index (κ1) is 27.6. The number of carbonyl (C=O) groups excluding carboxylic acids is 1. The number of benzene rings is 3. The molecule has 1 amide bonds. The van der Waals surface area contributed by atoms with E-state index < -0.39 is 49.2 Å². The summed E-state index contributed by atoms with van der Waals surface area (Å²) < 4.78 is 77.4. The van der Waals surface area contributed by atoms with Crippen molar-refractivity contribution in [2.45, 2.75) is 43.5 Å². The van der Waals surface area contributed by atoms with Gasteiger partial charge in [0, 0.05) is 11.3 Å². The molecule has 0 aliphatic heterocycles. The van der Waals surface area contributed by atoms with E-state index in [1.54, 1.807) is 26.8 Å². The van der Waals surface area contributed by atoms with Crippen LogP contribution in [0.15, 0.2) is 47.4 Å². The van der Waals surface area contributed by atoms with Gasteiger partial charge in [-0.1, -0.05) is 38.4 Å². The number of anilines is 1. The molecular weight excluding hydrogens is 525 g/mol. The number of alkyl halides is 3. The molecule has 0 saturated heterocycles. The predicted molar refractivity (Wildman–Crippen MR) is 129 cm³/mol. The van der Waals surface area contributed by atoms with Gasteiger partial charge in [-0.15, -0.1) is 0 Å². The zero-order valence-corrected chi connectivity index (χ0v) is 21.1. The topological polar surface area (TPSA) is 66.4 Å². The molecule has 3 rings (SSSR count). The van der Waals surface area contributed by atoms with Crippen LogP contribution in [-0.2, 0) is 16.2 Å². The molecule has 11 heteroatoms. The van der Waals surface area contributed by atoms with Gasteiger partial charge < -0.3 is 10.4 Å². The molecule has 36 heavy (non-hydrogen) atoms. The van der Waals surface area contributed by atoms with Crippen molar-refractivity contribution in [2.75, 3.05) is 5.32 Å². The average Bonchev–Trinajstić information content (AvgIpc) is 2.74. The van der Waals surface area contributed by atoms with E-state index in [0.717, 1.165) is 30.3 Å². The van der Waals surface area contributed by atoms with E-state index in [1.807, 2.05) is 0 Å². The number of halogens is 6. The lowest BCUT2D eigenvalue weighted by atomic mass is 9.81. The predicted octanol–water partition coefficient (Wildman–Crippen LogP) is 7.48. The molecule has 3 aromatic carbocycles. The highest BCUT2D eigenvalue weighted by Crippen LogP contribution is 2.41. The molecule has 1 atom stereocenters. The minimum atomic E-state index is -5.01. The van der Waals surface area contributed by atoms with Crippen molar-refractivity contribution < 1.29 is 36.1 Å². The number of hydrogen-bond donors (Lipinski definition) is 2. The summed E-state index contributed by atoms with van der Waals surface area (Å²) in [4.78, 5) is 12.6. The molecule has 0 aromatic heterocycles.